The second-order valence-corrected chi connectivity index (χ2v) is 6.60. The SMILES string of the molecule is CCN(C)C(=O)COc1ccc(S(=O)(=O)Cl)c(C)c1. The molecular weight excluding hydrogens is 290 g/mol. The van der Waals surface area contributed by atoms with Gasteiger partial charge in [0.2, 0.25) is 0 Å². The summed E-state index contributed by atoms with van der Waals surface area (Å²) in [5, 5.41) is 0. The summed E-state index contributed by atoms with van der Waals surface area (Å²) >= 11 is 0. The quantitative estimate of drug-likeness (QED) is 0.778. The number of carbonyl (C=O) groups excluding carboxylic acids is 1. The highest BCUT2D eigenvalue weighted by Gasteiger charge is 2.14. The zero-order valence-electron chi connectivity index (χ0n) is 11.0. The Morgan fingerprint density at radius 3 is 2.53 bits per heavy atom. The minimum Gasteiger partial charge on any atom is -0.484 e. The molecule has 0 saturated carbocycles. The number of halogens is 1. The van der Waals surface area contributed by atoms with E-state index in [1.165, 1.54) is 23.1 Å². The van der Waals surface area contributed by atoms with Crippen molar-refractivity contribution in [2.45, 2.75) is 18.7 Å². The number of benzene rings is 1. The number of amides is 1. The summed E-state index contributed by atoms with van der Waals surface area (Å²) in [5.41, 5.74) is 0.476. The molecule has 1 aromatic rings. The Balaban J connectivity index is 2.78. The summed E-state index contributed by atoms with van der Waals surface area (Å²) in [6, 6.07) is 4.37. The molecule has 7 heteroatoms. The summed E-state index contributed by atoms with van der Waals surface area (Å²) in [7, 11) is 3.20. The number of rotatable bonds is 5. The Bertz CT molecular complexity index is 571. The maximum absolute atomic E-state index is 11.5. The zero-order valence-corrected chi connectivity index (χ0v) is 12.6. The third kappa shape index (κ3) is 4.40. The van der Waals surface area contributed by atoms with Crippen LogP contribution >= 0.6 is 10.7 Å². The van der Waals surface area contributed by atoms with E-state index in [0.717, 1.165) is 0 Å². The Morgan fingerprint density at radius 2 is 2.05 bits per heavy atom. The van der Waals surface area contributed by atoms with Gasteiger partial charge in [-0.15, -0.1) is 0 Å². The van der Waals surface area contributed by atoms with Gasteiger partial charge in [-0.1, -0.05) is 0 Å². The van der Waals surface area contributed by atoms with Crippen molar-refractivity contribution in [2.75, 3.05) is 20.2 Å². The van der Waals surface area contributed by atoms with Gasteiger partial charge in [-0.25, -0.2) is 8.42 Å². The third-order valence-electron chi connectivity index (χ3n) is 2.67. The molecule has 19 heavy (non-hydrogen) atoms. The first-order chi connectivity index (χ1) is 8.75. The number of aryl methyl sites for hydroxylation is 1. The van der Waals surface area contributed by atoms with Crippen molar-refractivity contribution in [3.05, 3.63) is 23.8 Å². The Morgan fingerprint density at radius 1 is 1.42 bits per heavy atom. The standard InChI is InChI=1S/C12H16ClNO4S/c1-4-14(3)12(15)8-18-10-5-6-11(9(2)7-10)19(13,16)17/h5-7H,4,8H2,1-3H3. The summed E-state index contributed by atoms with van der Waals surface area (Å²) in [6.45, 7) is 3.99. The average molecular weight is 306 g/mol. The lowest BCUT2D eigenvalue weighted by molar-refractivity contribution is -0.131. The van der Waals surface area contributed by atoms with Crippen molar-refractivity contribution in [1.29, 1.82) is 0 Å². The summed E-state index contributed by atoms with van der Waals surface area (Å²) < 4.78 is 27.8. The number of hydrogen-bond donors (Lipinski definition) is 0. The maximum atomic E-state index is 11.5. The lowest BCUT2D eigenvalue weighted by Gasteiger charge is -2.15. The van der Waals surface area contributed by atoms with E-state index >= 15 is 0 Å². The highest BCUT2D eigenvalue weighted by Crippen LogP contribution is 2.23. The molecule has 1 aromatic carbocycles. The molecule has 0 aromatic heterocycles. The van der Waals surface area contributed by atoms with Crippen LogP contribution in [0.3, 0.4) is 0 Å². The molecule has 106 valence electrons. The lowest BCUT2D eigenvalue weighted by Crippen LogP contribution is -2.31. The van der Waals surface area contributed by atoms with Crippen LogP contribution in [0, 0.1) is 6.92 Å². The number of ether oxygens (including phenoxy) is 1. The second-order valence-electron chi connectivity index (χ2n) is 4.06. The van der Waals surface area contributed by atoms with Crippen LogP contribution < -0.4 is 4.74 Å². The van der Waals surface area contributed by atoms with Crippen LogP contribution in [-0.4, -0.2) is 39.4 Å². The molecule has 0 saturated heterocycles. The van der Waals surface area contributed by atoms with E-state index < -0.39 is 9.05 Å². The number of likely N-dealkylation sites (N-methyl/N-ethyl adjacent to an activating group) is 1. The molecule has 0 N–H and O–H groups in total. The van der Waals surface area contributed by atoms with Crippen LogP contribution in [0.2, 0.25) is 0 Å². The van der Waals surface area contributed by atoms with Crippen LogP contribution in [0.15, 0.2) is 23.1 Å². The molecule has 0 fully saturated rings. The van der Waals surface area contributed by atoms with Gasteiger partial charge >= 0.3 is 0 Å². The molecule has 0 aliphatic rings. The maximum Gasteiger partial charge on any atom is 0.261 e. The van der Waals surface area contributed by atoms with Crippen molar-refractivity contribution in [3.63, 3.8) is 0 Å². The van der Waals surface area contributed by atoms with Crippen LogP contribution in [0.1, 0.15) is 12.5 Å². The summed E-state index contributed by atoms with van der Waals surface area (Å²) in [4.78, 5) is 13.1. The van der Waals surface area contributed by atoms with E-state index in [1.807, 2.05) is 6.92 Å². The highest BCUT2D eigenvalue weighted by atomic mass is 35.7. The first kappa shape index (κ1) is 15.8. The smallest absolute Gasteiger partial charge is 0.261 e. The molecular formula is C12H16ClNO4S. The molecule has 5 nitrogen and oxygen atoms in total. The summed E-state index contributed by atoms with van der Waals surface area (Å²) in [5.74, 6) is 0.286. The largest absolute Gasteiger partial charge is 0.484 e. The van der Waals surface area contributed by atoms with Crippen molar-refractivity contribution < 1.29 is 17.9 Å². The first-order valence-electron chi connectivity index (χ1n) is 5.67. The van der Waals surface area contributed by atoms with Crippen molar-refractivity contribution in [2.24, 2.45) is 0 Å². The number of carbonyl (C=O) groups is 1. The van der Waals surface area contributed by atoms with Gasteiger partial charge in [0, 0.05) is 24.3 Å². The van der Waals surface area contributed by atoms with Gasteiger partial charge in [0.25, 0.3) is 15.0 Å². The topological polar surface area (TPSA) is 63.7 Å². The molecule has 0 heterocycles. The fourth-order valence-corrected chi connectivity index (χ4v) is 2.61. The molecule has 0 spiro atoms. The molecule has 0 unspecified atom stereocenters. The average Bonchev–Trinajstić information content (AvgIpc) is 2.33. The minimum atomic E-state index is -3.76. The van der Waals surface area contributed by atoms with Gasteiger partial charge in [-0.2, -0.15) is 0 Å². The molecule has 0 aliphatic carbocycles. The van der Waals surface area contributed by atoms with Gasteiger partial charge in [-0.05, 0) is 37.6 Å². The normalized spacial score (nSPS) is 11.2. The molecule has 0 radical (unpaired) electrons. The minimum absolute atomic E-state index is 0.0403. The van der Waals surface area contributed by atoms with Crippen LogP contribution in [0.4, 0.5) is 0 Å². The van der Waals surface area contributed by atoms with Crippen LogP contribution in [0.25, 0.3) is 0 Å². The van der Waals surface area contributed by atoms with Crippen molar-refractivity contribution in [1.82, 2.24) is 4.90 Å². The van der Waals surface area contributed by atoms with E-state index in [9.17, 15) is 13.2 Å². The van der Waals surface area contributed by atoms with Crippen LogP contribution in [0.5, 0.6) is 5.75 Å². The van der Waals surface area contributed by atoms with E-state index in [2.05, 4.69) is 0 Å². The van der Waals surface area contributed by atoms with Gasteiger partial charge in [0.15, 0.2) is 6.61 Å². The second kappa shape index (κ2) is 6.25. The third-order valence-corrected chi connectivity index (χ3v) is 4.15. The molecule has 1 amide bonds. The van der Waals surface area contributed by atoms with E-state index in [-0.39, 0.29) is 17.4 Å². The monoisotopic (exact) mass is 305 g/mol. The Kier molecular flexibility index (Phi) is 5.20. The highest BCUT2D eigenvalue weighted by molar-refractivity contribution is 8.13. The van der Waals surface area contributed by atoms with E-state index in [1.54, 1.807) is 14.0 Å². The molecule has 1 rings (SSSR count). The van der Waals surface area contributed by atoms with Gasteiger partial charge in [-0.3, -0.25) is 4.79 Å². The fraction of sp³-hybridized carbons (Fsp3) is 0.417. The van der Waals surface area contributed by atoms with E-state index in [4.69, 9.17) is 15.4 Å². The van der Waals surface area contributed by atoms with Crippen LogP contribution in [-0.2, 0) is 13.8 Å². The summed E-state index contributed by atoms with van der Waals surface area (Å²) in [6.07, 6.45) is 0. The zero-order chi connectivity index (χ0) is 14.6. The number of nitrogens with zero attached hydrogens (tertiary/aromatic N) is 1. The van der Waals surface area contributed by atoms with E-state index in [0.29, 0.717) is 17.9 Å². The van der Waals surface area contributed by atoms with Gasteiger partial charge < -0.3 is 9.64 Å². The Labute approximate surface area is 117 Å². The van der Waals surface area contributed by atoms with Gasteiger partial charge in [0.05, 0.1) is 4.90 Å². The lowest BCUT2D eigenvalue weighted by atomic mass is 10.2. The van der Waals surface area contributed by atoms with Crippen molar-refractivity contribution in [3.8, 4) is 5.75 Å². The Hall–Kier alpha value is -1.27. The molecule has 0 bridgehead atoms. The molecule has 0 aliphatic heterocycles. The van der Waals surface area contributed by atoms with Gasteiger partial charge in [0.1, 0.15) is 5.75 Å². The number of hydrogen-bond acceptors (Lipinski definition) is 4. The molecule has 0 atom stereocenters. The predicted molar refractivity (Wildman–Crippen MR) is 73.0 cm³/mol. The first-order valence-corrected chi connectivity index (χ1v) is 7.98. The predicted octanol–water partition coefficient (Wildman–Crippen LogP) is 1.78. The fourth-order valence-electron chi connectivity index (χ4n) is 1.42. The van der Waals surface area contributed by atoms with Crippen molar-refractivity contribution >= 4 is 25.6 Å².